The number of aliphatic hydroxyl groups is 1. The van der Waals surface area contributed by atoms with Gasteiger partial charge < -0.3 is 10.8 Å². The average molecular weight is 254 g/mol. The van der Waals surface area contributed by atoms with Crippen molar-refractivity contribution in [3.63, 3.8) is 0 Å². The van der Waals surface area contributed by atoms with E-state index in [1.54, 1.807) is 11.3 Å². The van der Waals surface area contributed by atoms with Gasteiger partial charge >= 0.3 is 0 Å². The summed E-state index contributed by atoms with van der Waals surface area (Å²) in [4.78, 5) is 3.68. The van der Waals surface area contributed by atoms with Crippen LogP contribution in [0.2, 0.25) is 0 Å². The van der Waals surface area contributed by atoms with Crippen LogP contribution in [0.3, 0.4) is 0 Å². The van der Waals surface area contributed by atoms with Crippen LogP contribution in [0.5, 0.6) is 0 Å². The number of nitrogens with zero attached hydrogens (tertiary/aromatic N) is 1. The van der Waals surface area contributed by atoms with E-state index >= 15 is 0 Å². The molecule has 1 aliphatic rings. The molecule has 96 valence electrons. The molecule has 3 nitrogen and oxygen atoms in total. The van der Waals surface area contributed by atoms with E-state index in [2.05, 4.69) is 29.3 Å². The Hall–Kier alpha value is -0.420. The predicted molar refractivity (Wildman–Crippen MR) is 72.1 cm³/mol. The Morgan fingerprint density at radius 3 is 3.06 bits per heavy atom. The summed E-state index contributed by atoms with van der Waals surface area (Å²) in [7, 11) is 0. The van der Waals surface area contributed by atoms with E-state index in [9.17, 15) is 5.11 Å². The van der Waals surface area contributed by atoms with Crippen molar-refractivity contribution in [2.45, 2.75) is 44.4 Å². The molecule has 3 atom stereocenters. The van der Waals surface area contributed by atoms with E-state index in [0.29, 0.717) is 0 Å². The Morgan fingerprint density at radius 2 is 2.47 bits per heavy atom. The fraction of sp³-hybridized carbons (Fsp3) is 0.692. The fourth-order valence-corrected chi connectivity index (χ4v) is 3.52. The largest absolute Gasteiger partial charge is 0.392 e. The minimum atomic E-state index is -0.185. The van der Waals surface area contributed by atoms with Gasteiger partial charge in [0.15, 0.2) is 0 Å². The summed E-state index contributed by atoms with van der Waals surface area (Å²) in [5.74, 6) is 0. The fourth-order valence-electron chi connectivity index (χ4n) is 2.58. The van der Waals surface area contributed by atoms with Crippen molar-refractivity contribution >= 4 is 11.3 Å². The number of hydrogen-bond acceptors (Lipinski definition) is 4. The first-order valence-electron chi connectivity index (χ1n) is 6.43. The molecule has 0 aliphatic carbocycles. The number of β-amino-alcohol motifs (C(OH)–C–C–N with tert-alkyl or cyclic N) is 1. The van der Waals surface area contributed by atoms with Crippen LogP contribution in [-0.4, -0.2) is 35.2 Å². The van der Waals surface area contributed by atoms with E-state index in [-0.39, 0.29) is 18.2 Å². The lowest BCUT2D eigenvalue weighted by Gasteiger charge is -2.38. The molecule has 3 unspecified atom stereocenters. The van der Waals surface area contributed by atoms with Gasteiger partial charge in [-0.05, 0) is 37.3 Å². The van der Waals surface area contributed by atoms with Crippen LogP contribution in [0.25, 0.3) is 0 Å². The summed E-state index contributed by atoms with van der Waals surface area (Å²) < 4.78 is 0. The SMILES string of the molecule is CCC(N)C(c1cccs1)N1CCCC(O)C1. The molecule has 0 radical (unpaired) electrons. The zero-order valence-electron chi connectivity index (χ0n) is 10.4. The molecule has 0 spiro atoms. The number of thiophene rings is 1. The molecule has 3 N–H and O–H groups in total. The number of piperidine rings is 1. The van der Waals surface area contributed by atoms with Crippen molar-refractivity contribution in [1.82, 2.24) is 4.90 Å². The lowest BCUT2D eigenvalue weighted by Crippen LogP contribution is -2.46. The molecule has 0 amide bonds. The van der Waals surface area contributed by atoms with Crippen molar-refractivity contribution in [3.8, 4) is 0 Å². The molecule has 0 aromatic carbocycles. The maximum atomic E-state index is 9.80. The third kappa shape index (κ3) is 3.07. The molecule has 0 saturated carbocycles. The average Bonchev–Trinajstić information content (AvgIpc) is 2.83. The summed E-state index contributed by atoms with van der Waals surface area (Å²) in [5, 5.41) is 11.9. The van der Waals surface area contributed by atoms with Gasteiger partial charge in [-0.2, -0.15) is 0 Å². The Balaban J connectivity index is 2.15. The van der Waals surface area contributed by atoms with Crippen LogP contribution >= 0.6 is 11.3 Å². The summed E-state index contributed by atoms with van der Waals surface area (Å²) >= 11 is 1.77. The zero-order chi connectivity index (χ0) is 12.3. The van der Waals surface area contributed by atoms with Gasteiger partial charge in [0.05, 0.1) is 12.1 Å². The van der Waals surface area contributed by atoms with Crippen LogP contribution in [0.1, 0.15) is 37.1 Å². The Morgan fingerprint density at radius 1 is 1.65 bits per heavy atom. The molecule has 2 heterocycles. The van der Waals surface area contributed by atoms with Crippen LogP contribution in [0.4, 0.5) is 0 Å². The highest BCUT2D eigenvalue weighted by Gasteiger charge is 2.30. The maximum Gasteiger partial charge on any atom is 0.0667 e. The highest BCUT2D eigenvalue weighted by atomic mass is 32.1. The number of hydrogen-bond donors (Lipinski definition) is 2. The summed E-state index contributed by atoms with van der Waals surface area (Å²) in [5.41, 5.74) is 6.27. The molecule has 2 rings (SSSR count). The Labute approximate surface area is 107 Å². The molecule has 1 saturated heterocycles. The van der Waals surface area contributed by atoms with Gasteiger partial charge in [0.2, 0.25) is 0 Å². The second-order valence-electron chi connectivity index (χ2n) is 4.82. The molecular formula is C13H22N2OS. The van der Waals surface area contributed by atoms with Gasteiger partial charge in [-0.1, -0.05) is 13.0 Å². The first-order chi connectivity index (χ1) is 8.22. The van der Waals surface area contributed by atoms with Crippen molar-refractivity contribution < 1.29 is 5.11 Å². The topological polar surface area (TPSA) is 49.5 Å². The van der Waals surface area contributed by atoms with E-state index < -0.39 is 0 Å². The minimum absolute atomic E-state index is 0.152. The van der Waals surface area contributed by atoms with E-state index in [1.165, 1.54) is 4.88 Å². The van der Waals surface area contributed by atoms with Crippen molar-refractivity contribution in [1.29, 1.82) is 0 Å². The van der Waals surface area contributed by atoms with E-state index in [0.717, 1.165) is 32.4 Å². The highest BCUT2D eigenvalue weighted by molar-refractivity contribution is 7.10. The normalized spacial score (nSPS) is 25.7. The standard InChI is InChI=1S/C13H22N2OS/c1-2-11(14)13(12-6-4-8-17-12)15-7-3-5-10(16)9-15/h4,6,8,10-11,13,16H,2-3,5,7,9,14H2,1H3. The monoisotopic (exact) mass is 254 g/mol. The first-order valence-corrected chi connectivity index (χ1v) is 7.31. The van der Waals surface area contributed by atoms with Gasteiger partial charge in [0.1, 0.15) is 0 Å². The van der Waals surface area contributed by atoms with Gasteiger partial charge in [0, 0.05) is 17.5 Å². The maximum absolute atomic E-state index is 9.80. The van der Waals surface area contributed by atoms with Crippen molar-refractivity contribution in [3.05, 3.63) is 22.4 Å². The third-order valence-electron chi connectivity index (χ3n) is 3.53. The van der Waals surface area contributed by atoms with Crippen LogP contribution in [0, 0.1) is 0 Å². The molecule has 4 heteroatoms. The van der Waals surface area contributed by atoms with Gasteiger partial charge in [0.25, 0.3) is 0 Å². The van der Waals surface area contributed by atoms with Gasteiger partial charge in [-0.3, -0.25) is 4.90 Å². The van der Waals surface area contributed by atoms with Crippen LogP contribution in [-0.2, 0) is 0 Å². The van der Waals surface area contributed by atoms with E-state index in [1.807, 2.05) is 0 Å². The quantitative estimate of drug-likeness (QED) is 0.864. The first kappa shape index (κ1) is 13.0. The van der Waals surface area contributed by atoms with Gasteiger partial charge in [-0.15, -0.1) is 11.3 Å². The molecule has 1 aliphatic heterocycles. The molecule has 1 aromatic heterocycles. The summed E-state index contributed by atoms with van der Waals surface area (Å²) in [6.07, 6.45) is 2.78. The molecule has 0 bridgehead atoms. The molecule has 17 heavy (non-hydrogen) atoms. The lowest BCUT2D eigenvalue weighted by atomic mass is 9.99. The number of rotatable bonds is 4. The second kappa shape index (κ2) is 5.96. The van der Waals surface area contributed by atoms with Crippen molar-refractivity contribution in [2.75, 3.05) is 13.1 Å². The molecular weight excluding hydrogens is 232 g/mol. The number of likely N-dealkylation sites (tertiary alicyclic amines) is 1. The van der Waals surface area contributed by atoms with Crippen LogP contribution in [0.15, 0.2) is 17.5 Å². The van der Waals surface area contributed by atoms with Crippen molar-refractivity contribution in [2.24, 2.45) is 5.73 Å². The van der Waals surface area contributed by atoms with Crippen LogP contribution < -0.4 is 5.73 Å². The Kier molecular flexibility index (Phi) is 4.56. The smallest absolute Gasteiger partial charge is 0.0667 e. The predicted octanol–water partition coefficient (Wildman–Crippen LogP) is 1.98. The summed E-state index contributed by atoms with van der Waals surface area (Å²) in [6, 6.07) is 4.66. The number of nitrogens with two attached hydrogens (primary N) is 1. The second-order valence-corrected chi connectivity index (χ2v) is 5.80. The minimum Gasteiger partial charge on any atom is -0.392 e. The Bertz CT molecular complexity index is 328. The lowest BCUT2D eigenvalue weighted by molar-refractivity contribution is 0.0394. The zero-order valence-corrected chi connectivity index (χ0v) is 11.2. The summed E-state index contributed by atoms with van der Waals surface area (Å²) in [6.45, 7) is 3.94. The van der Waals surface area contributed by atoms with Gasteiger partial charge in [-0.25, -0.2) is 0 Å². The number of aliphatic hydroxyl groups excluding tert-OH is 1. The van der Waals surface area contributed by atoms with E-state index in [4.69, 9.17) is 5.73 Å². The molecule has 1 aromatic rings. The molecule has 1 fully saturated rings. The highest BCUT2D eigenvalue weighted by Crippen LogP contribution is 2.31. The third-order valence-corrected chi connectivity index (χ3v) is 4.48.